The normalized spacial score (nSPS) is 10.8. The summed E-state index contributed by atoms with van der Waals surface area (Å²) in [7, 11) is 0. The van der Waals surface area contributed by atoms with Crippen molar-refractivity contribution in [2.24, 2.45) is 5.92 Å². The molecule has 1 aromatic heterocycles. The minimum atomic E-state index is -0.393. The van der Waals surface area contributed by atoms with E-state index < -0.39 is 4.92 Å². The van der Waals surface area contributed by atoms with Crippen LogP contribution in [0.15, 0.2) is 67.0 Å². The molecule has 3 rings (SSSR count). The minimum Gasteiger partial charge on any atom is -0.364 e. The molecule has 0 spiro atoms. The fourth-order valence-electron chi connectivity index (χ4n) is 3.19. The van der Waals surface area contributed by atoms with E-state index >= 15 is 0 Å². The Kier molecular flexibility index (Phi) is 7.32. The molecule has 0 radical (unpaired) electrons. The summed E-state index contributed by atoms with van der Waals surface area (Å²) in [5.74, 6) is 1.07. The van der Waals surface area contributed by atoms with Crippen molar-refractivity contribution in [2.45, 2.75) is 33.4 Å². The van der Waals surface area contributed by atoms with Gasteiger partial charge in [-0.15, -0.1) is 0 Å². The summed E-state index contributed by atoms with van der Waals surface area (Å²) in [5.41, 5.74) is 2.01. The van der Waals surface area contributed by atoms with Crippen molar-refractivity contribution in [1.29, 1.82) is 0 Å². The average Bonchev–Trinajstić information content (AvgIpc) is 2.74. The Bertz CT molecular complexity index is 907. The molecule has 0 aliphatic carbocycles. The highest BCUT2D eigenvalue weighted by atomic mass is 16.6. The molecule has 1 heterocycles. The van der Waals surface area contributed by atoms with Crippen molar-refractivity contribution in [1.82, 2.24) is 9.97 Å². The van der Waals surface area contributed by atoms with Gasteiger partial charge in [0.2, 0.25) is 11.6 Å². The van der Waals surface area contributed by atoms with Gasteiger partial charge in [-0.3, -0.25) is 10.1 Å². The van der Waals surface area contributed by atoms with Crippen molar-refractivity contribution in [3.8, 4) is 0 Å². The Labute approximate surface area is 177 Å². The molecule has 0 unspecified atom stereocenters. The van der Waals surface area contributed by atoms with E-state index in [4.69, 9.17) is 0 Å². The fraction of sp³-hybridized carbons (Fsp3) is 0.304. The first-order valence-electron chi connectivity index (χ1n) is 10.1. The Morgan fingerprint density at radius 3 is 2.03 bits per heavy atom. The van der Waals surface area contributed by atoms with Crippen molar-refractivity contribution in [3.05, 3.63) is 88.2 Å². The standard InChI is InChI=1S/C23H27N5O2/c1-18(2)13-14-24-22-21(28(29)30)23(26-17-25-22)27(15-19-9-5-3-6-10-19)16-20-11-7-4-8-12-20/h3-12,17-18H,13-16H2,1-2H3,(H,24,25,26). The fourth-order valence-corrected chi connectivity index (χ4v) is 3.19. The van der Waals surface area contributed by atoms with Gasteiger partial charge in [0.25, 0.3) is 0 Å². The van der Waals surface area contributed by atoms with Crippen LogP contribution >= 0.6 is 0 Å². The second kappa shape index (κ2) is 10.3. The summed E-state index contributed by atoms with van der Waals surface area (Å²) in [6, 6.07) is 19.8. The largest absolute Gasteiger partial charge is 0.364 e. The van der Waals surface area contributed by atoms with Gasteiger partial charge in [-0.25, -0.2) is 9.97 Å². The van der Waals surface area contributed by atoms with Gasteiger partial charge in [0.15, 0.2) is 0 Å². The van der Waals surface area contributed by atoms with E-state index in [2.05, 4.69) is 29.1 Å². The van der Waals surface area contributed by atoms with E-state index in [0.717, 1.165) is 17.5 Å². The molecule has 30 heavy (non-hydrogen) atoms. The number of nitrogens with zero attached hydrogens (tertiary/aromatic N) is 4. The second-order valence-corrected chi connectivity index (χ2v) is 7.59. The molecular formula is C23H27N5O2. The summed E-state index contributed by atoms with van der Waals surface area (Å²) >= 11 is 0. The van der Waals surface area contributed by atoms with Crippen LogP contribution in [0.5, 0.6) is 0 Å². The van der Waals surface area contributed by atoms with Gasteiger partial charge in [-0.05, 0) is 23.5 Å². The average molecular weight is 406 g/mol. The third-order valence-electron chi connectivity index (χ3n) is 4.73. The van der Waals surface area contributed by atoms with Crippen LogP contribution in [0.25, 0.3) is 0 Å². The lowest BCUT2D eigenvalue weighted by Crippen LogP contribution is -2.25. The predicted molar refractivity (Wildman–Crippen MR) is 119 cm³/mol. The maximum Gasteiger partial charge on any atom is 0.353 e. The van der Waals surface area contributed by atoms with Crippen molar-refractivity contribution >= 4 is 17.3 Å². The van der Waals surface area contributed by atoms with Crippen LogP contribution in [0.1, 0.15) is 31.4 Å². The number of nitrogens with one attached hydrogen (secondary N) is 1. The summed E-state index contributed by atoms with van der Waals surface area (Å²) in [4.78, 5) is 22.0. The van der Waals surface area contributed by atoms with Crippen LogP contribution in [0.3, 0.4) is 0 Å². The molecule has 0 aliphatic rings. The molecule has 0 saturated heterocycles. The Morgan fingerprint density at radius 1 is 0.967 bits per heavy atom. The maximum atomic E-state index is 12.0. The molecule has 1 N–H and O–H groups in total. The third kappa shape index (κ3) is 5.76. The smallest absolute Gasteiger partial charge is 0.353 e. The number of aromatic nitrogens is 2. The highest BCUT2D eigenvalue weighted by Crippen LogP contribution is 2.33. The van der Waals surface area contributed by atoms with Gasteiger partial charge in [0.1, 0.15) is 6.33 Å². The first kappa shape index (κ1) is 21.2. The highest BCUT2D eigenvalue weighted by molar-refractivity contribution is 5.70. The van der Waals surface area contributed by atoms with Crippen molar-refractivity contribution < 1.29 is 4.92 Å². The van der Waals surface area contributed by atoms with Crippen LogP contribution in [-0.2, 0) is 13.1 Å². The maximum absolute atomic E-state index is 12.0. The Hall–Kier alpha value is -3.48. The van der Waals surface area contributed by atoms with Crippen molar-refractivity contribution in [3.63, 3.8) is 0 Å². The third-order valence-corrected chi connectivity index (χ3v) is 4.73. The zero-order chi connectivity index (χ0) is 21.3. The van der Waals surface area contributed by atoms with Crippen LogP contribution in [0, 0.1) is 16.0 Å². The van der Waals surface area contributed by atoms with Gasteiger partial charge in [0, 0.05) is 19.6 Å². The first-order chi connectivity index (χ1) is 14.5. The zero-order valence-electron chi connectivity index (χ0n) is 17.4. The molecule has 3 aromatic rings. The zero-order valence-corrected chi connectivity index (χ0v) is 17.4. The van der Waals surface area contributed by atoms with E-state index in [1.807, 2.05) is 65.6 Å². The monoisotopic (exact) mass is 405 g/mol. The van der Waals surface area contributed by atoms with E-state index in [1.165, 1.54) is 6.33 Å². The highest BCUT2D eigenvalue weighted by Gasteiger charge is 2.27. The summed E-state index contributed by atoms with van der Waals surface area (Å²) < 4.78 is 0. The van der Waals surface area contributed by atoms with Crippen LogP contribution in [-0.4, -0.2) is 21.4 Å². The molecule has 0 amide bonds. The first-order valence-corrected chi connectivity index (χ1v) is 10.1. The van der Waals surface area contributed by atoms with Gasteiger partial charge in [-0.2, -0.15) is 0 Å². The van der Waals surface area contributed by atoms with Gasteiger partial charge in [-0.1, -0.05) is 74.5 Å². The van der Waals surface area contributed by atoms with Crippen LogP contribution < -0.4 is 10.2 Å². The van der Waals surface area contributed by atoms with E-state index in [-0.39, 0.29) is 11.5 Å². The molecule has 7 heteroatoms. The molecule has 2 aromatic carbocycles. The Balaban J connectivity index is 1.97. The minimum absolute atomic E-state index is 0.0897. The van der Waals surface area contributed by atoms with Gasteiger partial charge >= 0.3 is 5.69 Å². The molecular weight excluding hydrogens is 378 g/mol. The molecule has 0 fully saturated rings. The predicted octanol–water partition coefficient (Wildman–Crippen LogP) is 5.05. The van der Waals surface area contributed by atoms with Crippen molar-refractivity contribution in [2.75, 3.05) is 16.8 Å². The SMILES string of the molecule is CC(C)CCNc1ncnc(N(Cc2ccccc2)Cc2ccccc2)c1[N+](=O)[O-]. The van der Waals surface area contributed by atoms with E-state index in [0.29, 0.717) is 31.4 Å². The number of anilines is 2. The topological polar surface area (TPSA) is 84.2 Å². The van der Waals surface area contributed by atoms with Gasteiger partial charge < -0.3 is 10.2 Å². The number of hydrogen-bond acceptors (Lipinski definition) is 6. The quantitative estimate of drug-likeness (QED) is 0.375. The molecule has 7 nitrogen and oxygen atoms in total. The van der Waals surface area contributed by atoms with Crippen LogP contribution in [0.2, 0.25) is 0 Å². The second-order valence-electron chi connectivity index (χ2n) is 7.59. The lowest BCUT2D eigenvalue weighted by molar-refractivity contribution is -0.383. The number of nitro groups is 1. The van der Waals surface area contributed by atoms with Crippen LogP contribution in [0.4, 0.5) is 17.3 Å². The van der Waals surface area contributed by atoms with E-state index in [9.17, 15) is 10.1 Å². The Morgan fingerprint density at radius 2 is 1.53 bits per heavy atom. The lowest BCUT2D eigenvalue weighted by Gasteiger charge is -2.24. The number of benzene rings is 2. The molecule has 156 valence electrons. The lowest BCUT2D eigenvalue weighted by atomic mass is 10.1. The summed E-state index contributed by atoms with van der Waals surface area (Å²) in [5, 5.41) is 15.1. The van der Waals surface area contributed by atoms with Gasteiger partial charge in [0.05, 0.1) is 4.92 Å². The summed E-state index contributed by atoms with van der Waals surface area (Å²) in [6.07, 6.45) is 2.29. The van der Waals surface area contributed by atoms with E-state index in [1.54, 1.807) is 0 Å². The molecule has 0 bridgehead atoms. The summed E-state index contributed by atoms with van der Waals surface area (Å²) in [6.45, 7) is 5.84. The molecule has 0 aliphatic heterocycles. The molecule has 0 saturated carbocycles. The number of hydrogen-bond donors (Lipinski definition) is 1. The molecule has 0 atom stereocenters. The number of rotatable bonds is 10.